The van der Waals surface area contributed by atoms with Crippen molar-refractivity contribution in [3.05, 3.63) is 78.4 Å². The molecule has 0 bridgehead atoms. The van der Waals surface area contributed by atoms with Crippen molar-refractivity contribution >= 4 is 39.4 Å². The van der Waals surface area contributed by atoms with Crippen molar-refractivity contribution < 1.29 is 14.0 Å². The van der Waals surface area contributed by atoms with Gasteiger partial charge in [-0.1, -0.05) is 48.5 Å². The molecule has 1 saturated carbocycles. The van der Waals surface area contributed by atoms with Gasteiger partial charge in [0.15, 0.2) is 0 Å². The maximum atomic E-state index is 13.3. The third-order valence-corrected chi connectivity index (χ3v) is 6.82. The summed E-state index contributed by atoms with van der Waals surface area (Å²) < 4.78 is 5.97. The number of rotatable bonds is 2. The Balaban J connectivity index is 1.34. The molecule has 2 heterocycles. The molecule has 148 valence electrons. The van der Waals surface area contributed by atoms with E-state index in [4.69, 9.17) is 4.42 Å². The van der Waals surface area contributed by atoms with E-state index >= 15 is 0 Å². The second-order valence-corrected chi connectivity index (χ2v) is 8.42. The van der Waals surface area contributed by atoms with Crippen molar-refractivity contribution in [2.75, 3.05) is 4.90 Å². The molecule has 30 heavy (non-hydrogen) atoms. The lowest BCUT2D eigenvalue weighted by Gasteiger charge is -2.28. The number of benzene rings is 3. The van der Waals surface area contributed by atoms with Crippen LogP contribution in [0.2, 0.25) is 0 Å². The highest BCUT2D eigenvalue weighted by molar-refractivity contribution is 6.22. The van der Waals surface area contributed by atoms with Crippen molar-refractivity contribution in [3.8, 4) is 0 Å². The zero-order chi connectivity index (χ0) is 20.2. The molecular formula is C26H21NO3. The molecular weight excluding hydrogens is 374 g/mol. The monoisotopic (exact) mass is 395 g/mol. The minimum absolute atomic E-state index is 0.0630. The standard InChI is InChI=1S/C26H21NO3/c28-25-21-12-10-17(16-6-2-1-3-7-16)14-22(21)26(29)27(25)18-11-13-20-19-8-4-5-9-23(19)30-24(20)15-18/h1-9,11,13,15,17,21-22H,10,12,14H2. The van der Waals surface area contributed by atoms with E-state index in [9.17, 15) is 9.59 Å². The van der Waals surface area contributed by atoms with Crippen LogP contribution in [0.25, 0.3) is 21.9 Å². The molecule has 4 nitrogen and oxygen atoms in total. The first kappa shape index (κ1) is 17.5. The predicted molar refractivity (Wildman–Crippen MR) is 116 cm³/mol. The van der Waals surface area contributed by atoms with Crippen LogP contribution in [-0.2, 0) is 9.59 Å². The van der Waals surface area contributed by atoms with Gasteiger partial charge in [0.2, 0.25) is 11.8 Å². The molecule has 3 aromatic carbocycles. The van der Waals surface area contributed by atoms with Crippen LogP contribution in [0.5, 0.6) is 0 Å². The first-order valence-electron chi connectivity index (χ1n) is 10.5. The maximum absolute atomic E-state index is 13.3. The van der Waals surface area contributed by atoms with E-state index in [1.807, 2.05) is 60.7 Å². The van der Waals surface area contributed by atoms with Crippen LogP contribution in [0.15, 0.2) is 77.2 Å². The summed E-state index contributed by atoms with van der Waals surface area (Å²) in [4.78, 5) is 27.9. The minimum Gasteiger partial charge on any atom is -0.456 e. The van der Waals surface area contributed by atoms with Crippen LogP contribution >= 0.6 is 0 Å². The second kappa shape index (κ2) is 6.56. The smallest absolute Gasteiger partial charge is 0.237 e. The molecule has 4 heteroatoms. The number of anilines is 1. The minimum atomic E-state index is -0.233. The Labute approximate surface area is 174 Å². The van der Waals surface area contributed by atoms with Crippen molar-refractivity contribution in [2.45, 2.75) is 25.2 Å². The highest BCUT2D eigenvalue weighted by Gasteiger charge is 2.50. The summed E-state index contributed by atoms with van der Waals surface area (Å²) in [5, 5.41) is 2.03. The second-order valence-electron chi connectivity index (χ2n) is 8.42. The van der Waals surface area contributed by atoms with Gasteiger partial charge >= 0.3 is 0 Å². The number of hydrogen-bond donors (Lipinski definition) is 0. The first-order chi connectivity index (χ1) is 14.7. The number of carbonyl (C=O) groups is 2. The molecule has 1 aliphatic heterocycles. The van der Waals surface area contributed by atoms with E-state index in [1.54, 1.807) is 0 Å². The van der Waals surface area contributed by atoms with Crippen LogP contribution in [0.3, 0.4) is 0 Å². The van der Waals surface area contributed by atoms with Crippen molar-refractivity contribution in [1.29, 1.82) is 0 Å². The third kappa shape index (κ3) is 2.53. The molecule has 1 aromatic heterocycles. The van der Waals surface area contributed by atoms with Crippen LogP contribution in [0, 0.1) is 11.8 Å². The molecule has 0 spiro atoms. The number of hydrogen-bond acceptors (Lipinski definition) is 3. The number of para-hydroxylation sites is 1. The number of amides is 2. The number of fused-ring (bicyclic) bond motifs is 4. The molecule has 2 amide bonds. The Kier molecular flexibility index (Phi) is 3.82. The van der Waals surface area contributed by atoms with Gasteiger partial charge in [0, 0.05) is 16.8 Å². The fourth-order valence-corrected chi connectivity index (χ4v) is 5.32. The van der Waals surface area contributed by atoms with E-state index in [0.717, 1.165) is 35.6 Å². The number of imide groups is 1. The van der Waals surface area contributed by atoms with Gasteiger partial charge in [-0.15, -0.1) is 0 Å². The fourth-order valence-electron chi connectivity index (χ4n) is 5.32. The summed E-state index contributed by atoms with van der Waals surface area (Å²) in [6.45, 7) is 0. The third-order valence-electron chi connectivity index (χ3n) is 6.82. The van der Waals surface area contributed by atoms with Gasteiger partial charge in [-0.25, -0.2) is 4.90 Å². The van der Waals surface area contributed by atoms with Crippen molar-refractivity contribution in [2.24, 2.45) is 11.8 Å². The van der Waals surface area contributed by atoms with E-state index in [-0.39, 0.29) is 23.7 Å². The average Bonchev–Trinajstić information content (AvgIpc) is 3.28. The normalized spacial score (nSPS) is 24.0. The average molecular weight is 395 g/mol. The first-order valence-corrected chi connectivity index (χ1v) is 10.5. The molecule has 3 atom stereocenters. The van der Waals surface area contributed by atoms with E-state index in [0.29, 0.717) is 17.2 Å². The quantitative estimate of drug-likeness (QED) is 0.412. The molecule has 1 aliphatic carbocycles. The summed E-state index contributed by atoms with van der Waals surface area (Å²) >= 11 is 0. The Bertz CT molecular complexity index is 1290. The summed E-state index contributed by atoms with van der Waals surface area (Å²) in [7, 11) is 0. The Hall–Kier alpha value is -3.40. The largest absolute Gasteiger partial charge is 0.456 e. The van der Waals surface area contributed by atoms with Gasteiger partial charge in [0.05, 0.1) is 17.5 Å². The van der Waals surface area contributed by atoms with E-state index in [2.05, 4.69) is 12.1 Å². The molecule has 2 aliphatic rings. The lowest BCUT2D eigenvalue weighted by Crippen LogP contribution is -2.30. The van der Waals surface area contributed by atoms with E-state index < -0.39 is 0 Å². The van der Waals surface area contributed by atoms with Gasteiger partial charge in [-0.3, -0.25) is 9.59 Å². The van der Waals surface area contributed by atoms with Crippen LogP contribution in [0.4, 0.5) is 5.69 Å². The predicted octanol–water partition coefficient (Wildman–Crippen LogP) is 5.66. The summed E-state index contributed by atoms with van der Waals surface area (Å²) in [5.74, 6) is -0.235. The zero-order valence-electron chi connectivity index (χ0n) is 16.5. The Morgan fingerprint density at radius 1 is 0.733 bits per heavy atom. The number of carbonyl (C=O) groups excluding carboxylic acids is 2. The molecule has 0 N–H and O–H groups in total. The van der Waals surface area contributed by atoms with Gasteiger partial charge < -0.3 is 4.42 Å². The lowest BCUT2D eigenvalue weighted by atomic mass is 9.73. The van der Waals surface area contributed by atoms with Gasteiger partial charge in [0.1, 0.15) is 11.2 Å². The number of furan rings is 1. The zero-order valence-corrected chi connectivity index (χ0v) is 16.5. The van der Waals surface area contributed by atoms with Crippen LogP contribution in [0.1, 0.15) is 30.7 Å². The molecule has 0 radical (unpaired) electrons. The summed E-state index contributed by atoms with van der Waals surface area (Å²) in [6.07, 6.45) is 2.45. The molecule has 4 aromatic rings. The van der Waals surface area contributed by atoms with Gasteiger partial charge in [0.25, 0.3) is 0 Å². The van der Waals surface area contributed by atoms with Gasteiger partial charge in [-0.05, 0) is 48.9 Å². The SMILES string of the molecule is O=C1C2CCC(c3ccccc3)CC2C(=O)N1c1ccc2c(c1)oc1ccccc12. The summed E-state index contributed by atoms with van der Waals surface area (Å²) in [6, 6.07) is 23.9. The Morgan fingerprint density at radius 3 is 2.33 bits per heavy atom. The maximum Gasteiger partial charge on any atom is 0.237 e. The van der Waals surface area contributed by atoms with Crippen LogP contribution < -0.4 is 4.90 Å². The summed E-state index contributed by atoms with van der Waals surface area (Å²) in [5.41, 5.74) is 3.38. The highest BCUT2D eigenvalue weighted by atomic mass is 16.3. The van der Waals surface area contributed by atoms with Gasteiger partial charge in [-0.2, -0.15) is 0 Å². The molecule has 2 fully saturated rings. The topological polar surface area (TPSA) is 50.5 Å². The van der Waals surface area contributed by atoms with E-state index in [1.165, 1.54) is 10.5 Å². The highest BCUT2D eigenvalue weighted by Crippen LogP contribution is 2.46. The Morgan fingerprint density at radius 2 is 1.47 bits per heavy atom. The molecule has 3 unspecified atom stereocenters. The fraction of sp³-hybridized carbons (Fsp3) is 0.231. The molecule has 1 saturated heterocycles. The van der Waals surface area contributed by atoms with Crippen molar-refractivity contribution in [3.63, 3.8) is 0 Å². The van der Waals surface area contributed by atoms with Crippen molar-refractivity contribution in [1.82, 2.24) is 0 Å². The number of nitrogens with zero attached hydrogens (tertiary/aromatic N) is 1. The molecule has 6 rings (SSSR count). The lowest BCUT2D eigenvalue weighted by molar-refractivity contribution is -0.122. The van der Waals surface area contributed by atoms with Crippen LogP contribution in [-0.4, -0.2) is 11.8 Å².